The summed E-state index contributed by atoms with van der Waals surface area (Å²) in [6.07, 6.45) is 5.89. The van der Waals surface area contributed by atoms with Crippen molar-refractivity contribution in [2.24, 2.45) is 28.1 Å². The van der Waals surface area contributed by atoms with Crippen molar-refractivity contribution in [2.45, 2.75) is 52.9 Å². The molecule has 132 valence electrons. The fourth-order valence-corrected chi connectivity index (χ4v) is 5.63. The van der Waals surface area contributed by atoms with Crippen molar-refractivity contribution in [1.29, 1.82) is 0 Å². The minimum Gasteiger partial charge on any atom is -0.504 e. The van der Waals surface area contributed by atoms with Crippen LogP contribution in [0.5, 0.6) is 0 Å². The molecule has 24 heavy (non-hydrogen) atoms. The average Bonchev–Trinajstić information content (AvgIpc) is 2.56. The molecular formula is C20H28O4. The van der Waals surface area contributed by atoms with Gasteiger partial charge in [0.05, 0.1) is 0 Å². The number of rotatable bonds is 2. The molecule has 4 heteroatoms. The molecule has 4 nitrogen and oxygen atoms in total. The molecule has 2 saturated carbocycles. The van der Waals surface area contributed by atoms with Gasteiger partial charge in [0.1, 0.15) is 6.61 Å². The number of allylic oxidation sites excluding steroid dienone is 2. The van der Waals surface area contributed by atoms with Crippen LogP contribution in [-0.4, -0.2) is 28.4 Å². The zero-order chi connectivity index (χ0) is 17.9. The van der Waals surface area contributed by atoms with Crippen molar-refractivity contribution < 1.29 is 19.8 Å². The summed E-state index contributed by atoms with van der Waals surface area (Å²) in [7, 11) is 0. The molecule has 2 N–H and O–H groups in total. The molecule has 3 rings (SSSR count). The van der Waals surface area contributed by atoms with Gasteiger partial charge in [0.15, 0.2) is 11.5 Å². The van der Waals surface area contributed by atoms with Crippen molar-refractivity contribution in [3.05, 3.63) is 24.0 Å². The standard InChI is InChI=1S/C20H28O4/c1-12-17(24)14(22)9-15-19(12,3)6-5-13-10-18(2,16(23)11-21)7-8-20(13,15)4/h9,13,15,21-22H,1,5-8,10-11H2,2-4H3/t13?,15-,18-,19+,20-/m0/s1. The fourth-order valence-electron chi connectivity index (χ4n) is 5.63. The number of fused-ring (bicyclic) bond motifs is 3. The highest BCUT2D eigenvalue weighted by Gasteiger charge is 2.60. The average molecular weight is 332 g/mol. The van der Waals surface area contributed by atoms with E-state index < -0.39 is 12.0 Å². The molecule has 0 radical (unpaired) electrons. The third kappa shape index (κ3) is 2.15. The van der Waals surface area contributed by atoms with Crippen LogP contribution in [0.2, 0.25) is 0 Å². The molecule has 2 fully saturated rings. The molecular weight excluding hydrogens is 304 g/mol. The van der Waals surface area contributed by atoms with Gasteiger partial charge < -0.3 is 10.2 Å². The molecule has 0 aromatic rings. The zero-order valence-corrected chi connectivity index (χ0v) is 14.9. The zero-order valence-electron chi connectivity index (χ0n) is 14.9. The Kier molecular flexibility index (Phi) is 3.83. The van der Waals surface area contributed by atoms with E-state index in [1.165, 1.54) is 0 Å². The Balaban J connectivity index is 1.99. The SMILES string of the molecule is C=C1C(=O)C(O)=C[C@@H]2[C@@]3(C)CC[C@](C)(C(=O)CO)CC3CC[C@]12C. The molecule has 0 heterocycles. The van der Waals surface area contributed by atoms with Gasteiger partial charge in [0, 0.05) is 16.4 Å². The van der Waals surface area contributed by atoms with E-state index in [0.29, 0.717) is 11.5 Å². The number of ketones is 2. The van der Waals surface area contributed by atoms with Crippen LogP contribution in [0.1, 0.15) is 52.9 Å². The monoisotopic (exact) mass is 332 g/mol. The molecule has 1 unspecified atom stereocenters. The number of Topliss-reactive ketones (excluding diaryl/α,β-unsaturated/α-hetero) is 2. The second kappa shape index (κ2) is 5.29. The summed E-state index contributed by atoms with van der Waals surface area (Å²) in [5.41, 5.74) is -0.324. The number of hydrogen-bond donors (Lipinski definition) is 2. The van der Waals surface area contributed by atoms with E-state index in [4.69, 9.17) is 0 Å². The van der Waals surface area contributed by atoms with Crippen molar-refractivity contribution in [2.75, 3.05) is 6.61 Å². The molecule has 0 aromatic carbocycles. The van der Waals surface area contributed by atoms with E-state index in [2.05, 4.69) is 20.4 Å². The Morgan fingerprint density at radius 2 is 1.96 bits per heavy atom. The maximum Gasteiger partial charge on any atom is 0.222 e. The van der Waals surface area contributed by atoms with Gasteiger partial charge in [-0.2, -0.15) is 0 Å². The largest absolute Gasteiger partial charge is 0.504 e. The number of aliphatic hydroxyl groups is 2. The van der Waals surface area contributed by atoms with Crippen molar-refractivity contribution in [3.63, 3.8) is 0 Å². The first kappa shape index (κ1) is 17.4. The predicted octanol–water partition coefficient (Wildman–Crippen LogP) is 3.36. The Morgan fingerprint density at radius 1 is 1.29 bits per heavy atom. The van der Waals surface area contributed by atoms with Gasteiger partial charge in [-0.25, -0.2) is 0 Å². The Bertz CT molecular complexity index is 648. The van der Waals surface area contributed by atoms with Gasteiger partial charge in [-0.05, 0) is 55.4 Å². The lowest BCUT2D eigenvalue weighted by Gasteiger charge is -2.61. The van der Waals surface area contributed by atoms with Gasteiger partial charge in [-0.15, -0.1) is 0 Å². The summed E-state index contributed by atoms with van der Waals surface area (Å²) in [5.74, 6) is -0.173. The molecule has 0 bridgehead atoms. The van der Waals surface area contributed by atoms with E-state index in [0.717, 1.165) is 32.1 Å². The molecule has 0 amide bonds. The number of hydrogen-bond acceptors (Lipinski definition) is 4. The highest BCUT2D eigenvalue weighted by Crippen LogP contribution is 2.65. The molecule has 0 spiro atoms. The summed E-state index contributed by atoms with van der Waals surface area (Å²) in [6, 6.07) is 0. The number of carbonyl (C=O) groups excluding carboxylic acids is 2. The lowest BCUT2D eigenvalue weighted by atomic mass is 9.43. The van der Waals surface area contributed by atoms with Crippen molar-refractivity contribution >= 4 is 11.6 Å². The van der Waals surface area contributed by atoms with Crippen molar-refractivity contribution in [3.8, 4) is 0 Å². The smallest absolute Gasteiger partial charge is 0.222 e. The van der Waals surface area contributed by atoms with Crippen LogP contribution < -0.4 is 0 Å². The quantitative estimate of drug-likeness (QED) is 0.760. The van der Waals surface area contributed by atoms with E-state index in [1.54, 1.807) is 6.08 Å². The van der Waals surface area contributed by atoms with Gasteiger partial charge in [0.25, 0.3) is 0 Å². The van der Waals surface area contributed by atoms with Crippen LogP contribution in [0.3, 0.4) is 0 Å². The highest BCUT2D eigenvalue weighted by molar-refractivity contribution is 6.08. The van der Waals surface area contributed by atoms with Gasteiger partial charge >= 0.3 is 0 Å². The third-order valence-electron chi connectivity index (χ3n) is 7.59. The molecule has 0 aromatic heterocycles. The van der Waals surface area contributed by atoms with Gasteiger partial charge in [-0.1, -0.05) is 27.4 Å². The van der Waals surface area contributed by atoms with Crippen LogP contribution >= 0.6 is 0 Å². The van der Waals surface area contributed by atoms with Crippen molar-refractivity contribution in [1.82, 2.24) is 0 Å². The molecule has 3 aliphatic carbocycles. The Hall–Kier alpha value is -1.42. The minimum absolute atomic E-state index is 0.0581. The first-order chi connectivity index (χ1) is 11.1. The van der Waals surface area contributed by atoms with E-state index in [9.17, 15) is 19.8 Å². The number of carbonyl (C=O) groups is 2. The fraction of sp³-hybridized carbons (Fsp3) is 0.700. The summed E-state index contributed by atoms with van der Waals surface area (Å²) >= 11 is 0. The lowest BCUT2D eigenvalue weighted by molar-refractivity contribution is -0.142. The van der Waals surface area contributed by atoms with E-state index >= 15 is 0 Å². The molecule has 3 aliphatic rings. The third-order valence-corrected chi connectivity index (χ3v) is 7.59. The molecule has 0 aliphatic heterocycles. The summed E-state index contributed by atoms with van der Waals surface area (Å²) in [4.78, 5) is 24.4. The van der Waals surface area contributed by atoms with Crippen LogP contribution in [0.4, 0.5) is 0 Å². The first-order valence-corrected chi connectivity index (χ1v) is 8.87. The predicted molar refractivity (Wildman–Crippen MR) is 91.3 cm³/mol. The summed E-state index contributed by atoms with van der Waals surface area (Å²) in [6.45, 7) is 9.90. The lowest BCUT2D eigenvalue weighted by Crippen LogP contribution is -2.55. The summed E-state index contributed by atoms with van der Waals surface area (Å²) in [5, 5.41) is 19.4. The van der Waals surface area contributed by atoms with Gasteiger partial charge in [0.2, 0.25) is 5.78 Å². The maximum absolute atomic E-state index is 12.2. The second-order valence-electron chi connectivity index (χ2n) is 8.84. The van der Waals surface area contributed by atoms with Crippen LogP contribution in [-0.2, 0) is 9.59 Å². The first-order valence-electron chi connectivity index (χ1n) is 8.87. The normalized spacial score (nSPS) is 45.2. The topological polar surface area (TPSA) is 74.6 Å². The molecule has 5 atom stereocenters. The van der Waals surface area contributed by atoms with E-state index in [1.807, 2.05) is 6.92 Å². The second-order valence-corrected chi connectivity index (χ2v) is 8.84. The highest BCUT2D eigenvalue weighted by atomic mass is 16.3. The van der Waals surface area contributed by atoms with Crippen LogP contribution in [0.25, 0.3) is 0 Å². The van der Waals surface area contributed by atoms with Crippen LogP contribution in [0.15, 0.2) is 24.0 Å². The minimum atomic E-state index is -0.458. The molecule has 0 saturated heterocycles. The van der Waals surface area contributed by atoms with E-state index in [-0.39, 0.29) is 34.1 Å². The number of aliphatic hydroxyl groups excluding tert-OH is 2. The van der Waals surface area contributed by atoms with Crippen LogP contribution in [0, 0.1) is 28.1 Å². The Morgan fingerprint density at radius 3 is 2.58 bits per heavy atom. The van der Waals surface area contributed by atoms with Gasteiger partial charge in [-0.3, -0.25) is 9.59 Å². The summed E-state index contributed by atoms with van der Waals surface area (Å²) < 4.78 is 0. The maximum atomic E-state index is 12.2. The Labute approximate surface area is 143 Å².